The predicted molar refractivity (Wildman–Crippen MR) is 99.9 cm³/mol. The Labute approximate surface area is 149 Å². The summed E-state index contributed by atoms with van der Waals surface area (Å²) in [5, 5.41) is 4.73. The van der Waals surface area contributed by atoms with Crippen LogP contribution in [-0.4, -0.2) is 40.2 Å². The second-order valence-corrected chi connectivity index (χ2v) is 6.95. The van der Waals surface area contributed by atoms with E-state index in [1.54, 1.807) is 10.9 Å². The van der Waals surface area contributed by atoms with Gasteiger partial charge in [-0.25, -0.2) is 4.68 Å². The molecule has 0 aliphatic carbocycles. The van der Waals surface area contributed by atoms with Gasteiger partial charge in [0.1, 0.15) is 0 Å². The predicted octanol–water partition coefficient (Wildman–Crippen LogP) is 3.12. The quantitative estimate of drug-likeness (QED) is 0.852. The van der Waals surface area contributed by atoms with Crippen molar-refractivity contribution in [2.24, 2.45) is 5.73 Å². The zero-order valence-corrected chi connectivity index (χ0v) is 15.0. The molecule has 1 unspecified atom stereocenters. The molecule has 0 radical (unpaired) electrons. The maximum absolute atomic E-state index is 12.0. The first kappa shape index (κ1) is 17.4. The highest BCUT2D eigenvalue weighted by atomic mass is 16.1. The monoisotopic (exact) mass is 338 g/mol. The van der Waals surface area contributed by atoms with Crippen LogP contribution in [0, 0.1) is 0 Å². The van der Waals surface area contributed by atoms with Crippen LogP contribution in [0.2, 0.25) is 0 Å². The van der Waals surface area contributed by atoms with E-state index in [1.165, 1.54) is 5.57 Å². The van der Waals surface area contributed by atoms with E-state index < -0.39 is 5.91 Å². The highest BCUT2D eigenvalue weighted by Crippen LogP contribution is 2.29. The first-order valence-corrected chi connectivity index (χ1v) is 8.85. The summed E-state index contributed by atoms with van der Waals surface area (Å²) >= 11 is 0. The van der Waals surface area contributed by atoms with Gasteiger partial charge in [-0.3, -0.25) is 9.69 Å². The number of nitrogens with two attached hydrogens (primary N) is 1. The van der Waals surface area contributed by atoms with Crippen LogP contribution in [0.5, 0.6) is 0 Å². The fraction of sp³-hybridized carbons (Fsp3) is 0.400. The van der Waals surface area contributed by atoms with E-state index in [0.29, 0.717) is 5.56 Å². The third-order valence-electron chi connectivity index (χ3n) is 4.68. The van der Waals surface area contributed by atoms with Gasteiger partial charge in [-0.2, -0.15) is 5.10 Å². The Morgan fingerprint density at radius 3 is 2.76 bits per heavy atom. The number of hydrogen-bond acceptors (Lipinski definition) is 3. The Morgan fingerprint density at radius 1 is 1.32 bits per heavy atom. The number of likely N-dealkylation sites (tertiary alicyclic amines) is 1. The van der Waals surface area contributed by atoms with Crippen molar-refractivity contribution >= 4 is 5.91 Å². The van der Waals surface area contributed by atoms with E-state index in [-0.39, 0.29) is 5.92 Å². The molecule has 5 nitrogen and oxygen atoms in total. The molecule has 2 heterocycles. The molecule has 2 N–H and O–H groups in total. The first-order valence-electron chi connectivity index (χ1n) is 8.85. The summed E-state index contributed by atoms with van der Waals surface area (Å²) in [5.74, 6) is -0.162. The molecule has 0 spiro atoms. The summed E-state index contributed by atoms with van der Waals surface area (Å²) in [7, 11) is 0. The third kappa shape index (κ3) is 4.17. The van der Waals surface area contributed by atoms with Crippen LogP contribution >= 0.6 is 0 Å². The number of benzene rings is 1. The van der Waals surface area contributed by atoms with Crippen LogP contribution in [0.25, 0.3) is 5.69 Å². The molecule has 1 amide bonds. The van der Waals surface area contributed by atoms with Gasteiger partial charge in [0.2, 0.25) is 0 Å². The minimum atomic E-state index is -0.404. The fourth-order valence-electron chi connectivity index (χ4n) is 3.35. The minimum absolute atomic E-state index is 0.242. The lowest BCUT2D eigenvalue weighted by molar-refractivity contribution is 0.0998. The van der Waals surface area contributed by atoms with Gasteiger partial charge in [-0.15, -0.1) is 0 Å². The highest BCUT2D eigenvalue weighted by Gasteiger charge is 2.27. The van der Waals surface area contributed by atoms with Crippen LogP contribution < -0.4 is 5.73 Å². The van der Waals surface area contributed by atoms with Gasteiger partial charge in [0.05, 0.1) is 16.9 Å². The van der Waals surface area contributed by atoms with Crippen molar-refractivity contribution in [3.63, 3.8) is 0 Å². The summed E-state index contributed by atoms with van der Waals surface area (Å²) in [4.78, 5) is 14.4. The number of piperidine rings is 1. The van der Waals surface area contributed by atoms with Gasteiger partial charge >= 0.3 is 0 Å². The molecule has 1 aliphatic heterocycles. The molecule has 0 saturated carbocycles. The van der Waals surface area contributed by atoms with E-state index in [4.69, 9.17) is 10.8 Å². The molecule has 0 bridgehead atoms. The Morgan fingerprint density at radius 2 is 2.08 bits per heavy atom. The van der Waals surface area contributed by atoms with Crippen molar-refractivity contribution in [2.45, 2.75) is 32.6 Å². The molecule has 1 atom stereocenters. The molecule has 5 heteroatoms. The number of aromatic nitrogens is 2. The number of hydrogen-bond donors (Lipinski definition) is 1. The van der Waals surface area contributed by atoms with Gasteiger partial charge < -0.3 is 5.73 Å². The number of carbonyl (C=O) groups excluding carboxylic acids is 1. The largest absolute Gasteiger partial charge is 0.365 e. The summed E-state index contributed by atoms with van der Waals surface area (Å²) in [6.45, 7) is 7.19. The zero-order valence-electron chi connectivity index (χ0n) is 15.0. The molecule has 2 aromatic rings. The Hall–Kier alpha value is -2.40. The third-order valence-corrected chi connectivity index (χ3v) is 4.68. The normalized spacial score (nSPS) is 18.1. The average Bonchev–Trinajstić information content (AvgIpc) is 3.07. The molecule has 1 aromatic carbocycles. The van der Waals surface area contributed by atoms with Gasteiger partial charge in [-0.1, -0.05) is 29.8 Å². The lowest BCUT2D eigenvalue weighted by Crippen LogP contribution is -2.35. The van der Waals surface area contributed by atoms with Crippen molar-refractivity contribution in [2.75, 3.05) is 19.6 Å². The number of carbonyl (C=O) groups is 1. The van der Waals surface area contributed by atoms with E-state index in [2.05, 4.69) is 24.8 Å². The summed E-state index contributed by atoms with van der Waals surface area (Å²) < 4.78 is 1.77. The maximum atomic E-state index is 12.0. The lowest BCUT2D eigenvalue weighted by atomic mass is 9.92. The standard InChI is InChI=1S/C20H26N4O/c1-15(2)10-12-23-11-6-7-16(13-23)19-18(20(21)25)14-24(22-19)17-8-4-3-5-9-17/h3-5,8-10,14,16H,6-7,11-13H2,1-2H3,(H2,21,25). The molecule has 1 fully saturated rings. The van der Waals surface area contributed by atoms with Gasteiger partial charge in [0, 0.05) is 25.2 Å². The highest BCUT2D eigenvalue weighted by molar-refractivity contribution is 5.94. The van der Waals surface area contributed by atoms with Crippen LogP contribution in [-0.2, 0) is 0 Å². The van der Waals surface area contributed by atoms with Crippen LogP contribution in [0.4, 0.5) is 0 Å². The SMILES string of the molecule is CC(C)=CCN1CCCC(c2nn(-c3ccccc3)cc2C(N)=O)C1. The lowest BCUT2D eigenvalue weighted by Gasteiger charge is -2.31. The second-order valence-electron chi connectivity index (χ2n) is 6.95. The fourth-order valence-corrected chi connectivity index (χ4v) is 3.35. The van der Waals surface area contributed by atoms with Crippen LogP contribution in [0.3, 0.4) is 0 Å². The van der Waals surface area contributed by atoms with Crippen molar-refractivity contribution in [1.82, 2.24) is 14.7 Å². The number of amides is 1. The van der Waals surface area contributed by atoms with Gasteiger partial charge in [0.15, 0.2) is 0 Å². The van der Waals surface area contributed by atoms with Crippen molar-refractivity contribution in [1.29, 1.82) is 0 Å². The summed E-state index contributed by atoms with van der Waals surface area (Å²) in [5.41, 5.74) is 9.27. The van der Waals surface area contributed by atoms with Crippen molar-refractivity contribution < 1.29 is 4.79 Å². The van der Waals surface area contributed by atoms with Crippen molar-refractivity contribution in [3.05, 3.63) is 59.4 Å². The molecule has 1 aliphatic rings. The summed E-state index contributed by atoms with van der Waals surface area (Å²) in [6.07, 6.45) is 6.16. The molecule has 1 aromatic heterocycles. The number of para-hydroxylation sites is 1. The molecular formula is C20H26N4O. The van der Waals surface area contributed by atoms with Gasteiger partial charge in [-0.05, 0) is 45.4 Å². The average molecular weight is 338 g/mol. The topological polar surface area (TPSA) is 64.2 Å². The van der Waals surface area contributed by atoms with E-state index in [9.17, 15) is 4.79 Å². The second kappa shape index (κ2) is 7.66. The van der Waals surface area contributed by atoms with Crippen LogP contribution in [0.15, 0.2) is 48.2 Å². The summed E-state index contributed by atoms with van der Waals surface area (Å²) in [6, 6.07) is 9.84. The molecule has 3 rings (SSSR count). The molecular weight excluding hydrogens is 312 g/mol. The van der Waals surface area contributed by atoms with E-state index in [0.717, 1.165) is 43.9 Å². The Balaban J connectivity index is 1.86. The minimum Gasteiger partial charge on any atom is -0.365 e. The van der Waals surface area contributed by atoms with Gasteiger partial charge in [0.25, 0.3) is 5.91 Å². The zero-order chi connectivity index (χ0) is 17.8. The number of allylic oxidation sites excluding steroid dienone is 1. The maximum Gasteiger partial charge on any atom is 0.252 e. The Bertz CT molecular complexity index is 759. The number of rotatable bonds is 5. The first-order chi connectivity index (χ1) is 12.0. The van der Waals surface area contributed by atoms with E-state index in [1.807, 2.05) is 30.3 Å². The number of nitrogens with zero attached hydrogens (tertiary/aromatic N) is 3. The van der Waals surface area contributed by atoms with E-state index >= 15 is 0 Å². The number of primary amides is 1. The van der Waals surface area contributed by atoms with Crippen molar-refractivity contribution in [3.8, 4) is 5.69 Å². The molecule has 25 heavy (non-hydrogen) atoms. The molecule has 132 valence electrons. The smallest absolute Gasteiger partial charge is 0.252 e. The Kier molecular flexibility index (Phi) is 5.34. The van der Waals surface area contributed by atoms with Crippen LogP contribution in [0.1, 0.15) is 48.7 Å². The molecule has 1 saturated heterocycles.